The van der Waals surface area contributed by atoms with Crippen LogP contribution in [-0.2, 0) is 23.2 Å². The van der Waals surface area contributed by atoms with E-state index in [-0.39, 0.29) is 18.0 Å². The van der Waals surface area contributed by atoms with Crippen molar-refractivity contribution in [1.29, 1.82) is 0 Å². The maximum Gasteiger partial charge on any atom is 0.240 e. The molecule has 2 rings (SSSR count). The number of benzene rings is 2. The molecule has 0 aromatic heterocycles. The molecule has 0 aliphatic heterocycles. The number of aliphatic hydroxyl groups is 1. The van der Waals surface area contributed by atoms with E-state index in [9.17, 15) is 12.8 Å². The van der Waals surface area contributed by atoms with E-state index in [1.54, 1.807) is 24.3 Å². The Morgan fingerprint density at radius 2 is 1.50 bits per heavy atom. The fraction of sp³-hybridized carbons (Fsp3) is 0.143. The van der Waals surface area contributed by atoms with Crippen molar-refractivity contribution >= 4 is 10.0 Å². The van der Waals surface area contributed by atoms with Crippen LogP contribution in [0, 0.1) is 5.82 Å². The Morgan fingerprint density at radius 1 is 0.950 bits per heavy atom. The van der Waals surface area contributed by atoms with Gasteiger partial charge in [0.1, 0.15) is 5.82 Å². The van der Waals surface area contributed by atoms with Crippen molar-refractivity contribution in [2.75, 3.05) is 0 Å². The summed E-state index contributed by atoms with van der Waals surface area (Å²) in [6, 6.07) is 11.6. The number of nitrogens with one attached hydrogen (secondary N) is 1. The van der Waals surface area contributed by atoms with E-state index in [2.05, 4.69) is 4.72 Å². The van der Waals surface area contributed by atoms with E-state index in [0.29, 0.717) is 0 Å². The summed E-state index contributed by atoms with van der Waals surface area (Å²) in [7, 11) is -3.66. The van der Waals surface area contributed by atoms with Crippen LogP contribution in [0.25, 0.3) is 0 Å². The number of hydrogen-bond donors (Lipinski definition) is 2. The molecule has 0 amide bonds. The smallest absolute Gasteiger partial charge is 0.240 e. The maximum atomic E-state index is 12.8. The molecule has 2 aromatic carbocycles. The molecule has 0 fully saturated rings. The molecule has 0 radical (unpaired) electrons. The molecule has 106 valence electrons. The first-order valence-electron chi connectivity index (χ1n) is 5.95. The summed E-state index contributed by atoms with van der Waals surface area (Å²) in [5, 5.41) is 8.92. The van der Waals surface area contributed by atoms with Gasteiger partial charge in [0.25, 0.3) is 0 Å². The van der Waals surface area contributed by atoms with Crippen molar-refractivity contribution in [3.05, 3.63) is 65.5 Å². The second-order valence-electron chi connectivity index (χ2n) is 4.25. The minimum atomic E-state index is -3.66. The molecule has 4 nitrogen and oxygen atoms in total. The summed E-state index contributed by atoms with van der Waals surface area (Å²) in [6.07, 6.45) is 0. The highest BCUT2D eigenvalue weighted by Gasteiger charge is 2.13. The average molecular weight is 295 g/mol. The normalized spacial score (nSPS) is 11.5. The second kappa shape index (κ2) is 6.13. The van der Waals surface area contributed by atoms with E-state index in [0.717, 1.165) is 23.3 Å². The largest absolute Gasteiger partial charge is 0.392 e. The van der Waals surface area contributed by atoms with Gasteiger partial charge in [0, 0.05) is 6.54 Å². The van der Waals surface area contributed by atoms with Crippen LogP contribution in [0.1, 0.15) is 11.1 Å². The summed E-state index contributed by atoms with van der Waals surface area (Å²) in [5.41, 5.74) is 1.53. The zero-order chi connectivity index (χ0) is 14.6. The van der Waals surface area contributed by atoms with Crippen LogP contribution in [0.3, 0.4) is 0 Å². The molecular formula is C14H14FNO3S. The molecule has 0 saturated heterocycles. The minimum absolute atomic E-state index is 0.0193. The van der Waals surface area contributed by atoms with Gasteiger partial charge in [-0.15, -0.1) is 0 Å². The lowest BCUT2D eigenvalue weighted by molar-refractivity contribution is 0.282. The molecular weight excluding hydrogens is 281 g/mol. The molecule has 0 bridgehead atoms. The third kappa shape index (κ3) is 3.63. The zero-order valence-corrected chi connectivity index (χ0v) is 11.4. The first kappa shape index (κ1) is 14.6. The van der Waals surface area contributed by atoms with Crippen LogP contribution < -0.4 is 4.72 Å². The van der Waals surface area contributed by atoms with Crippen LogP contribution in [0.5, 0.6) is 0 Å². The molecule has 0 aliphatic carbocycles. The van der Waals surface area contributed by atoms with E-state index in [4.69, 9.17) is 5.11 Å². The molecule has 0 unspecified atom stereocenters. The van der Waals surface area contributed by atoms with Crippen molar-refractivity contribution < 1.29 is 17.9 Å². The number of halogens is 1. The Hall–Kier alpha value is -1.76. The average Bonchev–Trinajstić information content (AvgIpc) is 2.46. The molecule has 0 atom stereocenters. The highest BCUT2D eigenvalue weighted by atomic mass is 32.2. The van der Waals surface area contributed by atoms with Crippen LogP contribution in [0.2, 0.25) is 0 Å². The van der Waals surface area contributed by atoms with Crippen molar-refractivity contribution in [2.45, 2.75) is 18.0 Å². The first-order chi connectivity index (χ1) is 9.51. The number of sulfonamides is 1. The van der Waals surface area contributed by atoms with Gasteiger partial charge < -0.3 is 5.11 Å². The maximum absolute atomic E-state index is 12.8. The number of hydrogen-bond acceptors (Lipinski definition) is 3. The Bertz CT molecular complexity index is 667. The zero-order valence-electron chi connectivity index (χ0n) is 10.6. The SMILES string of the molecule is O=S(=O)(NCc1ccc(CO)cc1)c1ccc(F)cc1. The highest BCUT2D eigenvalue weighted by molar-refractivity contribution is 7.89. The standard InChI is InChI=1S/C14H14FNO3S/c15-13-5-7-14(8-6-13)20(18,19)16-9-11-1-3-12(10-17)4-2-11/h1-8,16-17H,9-10H2. The minimum Gasteiger partial charge on any atom is -0.392 e. The molecule has 0 aliphatic rings. The number of aliphatic hydroxyl groups excluding tert-OH is 1. The van der Waals surface area contributed by atoms with Gasteiger partial charge in [0.05, 0.1) is 11.5 Å². The molecule has 20 heavy (non-hydrogen) atoms. The molecule has 0 saturated carbocycles. The fourth-order valence-electron chi connectivity index (χ4n) is 1.64. The quantitative estimate of drug-likeness (QED) is 0.884. The van der Waals surface area contributed by atoms with Crippen LogP contribution in [-0.4, -0.2) is 13.5 Å². The molecule has 2 N–H and O–H groups in total. The van der Waals surface area contributed by atoms with Gasteiger partial charge >= 0.3 is 0 Å². The van der Waals surface area contributed by atoms with Crippen molar-refractivity contribution in [1.82, 2.24) is 4.72 Å². The Morgan fingerprint density at radius 3 is 2.05 bits per heavy atom. The van der Waals surface area contributed by atoms with E-state index in [1.807, 2.05) is 0 Å². The van der Waals surface area contributed by atoms with Crippen LogP contribution in [0.15, 0.2) is 53.4 Å². The highest BCUT2D eigenvalue weighted by Crippen LogP contribution is 2.11. The predicted molar refractivity (Wildman–Crippen MR) is 72.8 cm³/mol. The summed E-state index contributed by atoms with van der Waals surface area (Å²) < 4.78 is 39.1. The fourth-order valence-corrected chi connectivity index (χ4v) is 2.66. The Kier molecular flexibility index (Phi) is 4.49. The van der Waals surface area contributed by atoms with E-state index >= 15 is 0 Å². The predicted octanol–water partition coefficient (Wildman–Crippen LogP) is 1.80. The van der Waals surface area contributed by atoms with Gasteiger partial charge in [0.2, 0.25) is 10.0 Å². The van der Waals surface area contributed by atoms with Gasteiger partial charge in [-0.25, -0.2) is 17.5 Å². The van der Waals surface area contributed by atoms with Gasteiger partial charge in [-0.3, -0.25) is 0 Å². The van der Waals surface area contributed by atoms with Crippen LogP contribution >= 0.6 is 0 Å². The van der Waals surface area contributed by atoms with Gasteiger partial charge in [-0.2, -0.15) is 0 Å². The summed E-state index contributed by atoms with van der Waals surface area (Å²) >= 11 is 0. The third-order valence-electron chi connectivity index (χ3n) is 2.80. The van der Waals surface area contributed by atoms with Crippen molar-refractivity contribution in [3.8, 4) is 0 Å². The monoisotopic (exact) mass is 295 g/mol. The molecule has 2 aromatic rings. The molecule has 0 spiro atoms. The summed E-state index contributed by atoms with van der Waals surface area (Å²) in [4.78, 5) is 0.0193. The summed E-state index contributed by atoms with van der Waals surface area (Å²) in [5.74, 6) is -0.483. The summed E-state index contributed by atoms with van der Waals surface area (Å²) in [6.45, 7) is 0.0764. The topological polar surface area (TPSA) is 66.4 Å². The Balaban J connectivity index is 2.06. The third-order valence-corrected chi connectivity index (χ3v) is 4.21. The molecule has 6 heteroatoms. The second-order valence-corrected chi connectivity index (χ2v) is 6.02. The van der Waals surface area contributed by atoms with Gasteiger partial charge in [-0.05, 0) is 35.4 Å². The van der Waals surface area contributed by atoms with E-state index < -0.39 is 15.8 Å². The Labute approximate surface area is 116 Å². The molecule has 0 heterocycles. The lowest BCUT2D eigenvalue weighted by Gasteiger charge is -2.07. The van der Waals surface area contributed by atoms with Crippen molar-refractivity contribution in [3.63, 3.8) is 0 Å². The van der Waals surface area contributed by atoms with Crippen molar-refractivity contribution in [2.24, 2.45) is 0 Å². The van der Waals surface area contributed by atoms with Gasteiger partial charge in [-0.1, -0.05) is 24.3 Å². The first-order valence-corrected chi connectivity index (χ1v) is 7.43. The lowest BCUT2D eigenvalue weighted by Crippen LogP contribution is -2.23. The number of rotatable bonds is 5. The van der Waals surface area contributed by atoms with Gasteiger partial charge in [0.15, 0.2) is 0 Å². The van der Waals surface area contributed by atoms with E-state index in [1.165, 1.54) is 12.1 Å². The van der Waals surface area contributed by atoms with Crippen LogP contribution in [0.4, 0.5) is 4.39 Å². The lowest BCUT2D eigenvalue weighted by atomic mass is 10.1.